The lowest BCUT2D eigenvalue weighted by molar-refractivity contribution is -0.148. The Kier molecular flexibility index (Phi) is 7.54. The summed E-state index contributed by atoms with van der Waals surface area (Å²) >= 11 is 0. The highest BCUT2D eigenvalue weighted by molar-refractivity contribution is 5.78. The number of hydrogen-bond acceptors (Lipinski definition) is 3. The average molecular weight is 309 g/mol. The molecule has 0 spiro atoms. The van der Waals surface area contributed by atoms with Gasteiger partial charge in [-0.3, -0.25) is 9.79 Å². The zero-order valence-corrected chi connectivity index (χ0v) is 13.7. The molecule has 0 aliphatic heterocycles. The highest BCUT2D eigenvalue weighted by atomic mass is 16.5. The van der Waals surface area contributed by atoms with Gasteiger partial charge in [0.05, 0.1) is 0 Å². The fourth-order valence-corrected chi connectivity index (χ4v) is 3.35. The van der Waals surface area contributed by atoms with Crippen molar-refractivity contribution < 1.29 is 9.53 Å². The monoisotopic (exact) mass is 309 g/mol. The van der Waals surface area contributed by atoms with Crippen LogP contribution in [0.4, 0.5) is 0 Å². The summed E-state index contributed by atoms with van der Waals surface area (Å²) in [5.41, 5.74) is 5.93. The Morgan fingerprint density at radius 2 is 1.68 bits per heavy atom. The van der Waals surface area contributed by atoms with Crippen molar-refractivity contribution in [3.8, 4) is 0 Å². The number of hydrogen-bond donors (Lipinski definition) is 2. The van der Waals surface area contributed by atoms with Gasteiger partial charge in [-0.25, -0.2) is 0 Å². The van der Waals surface area contributed by atoms with Crippen LogP contribution in [0.5, 0.6) is 0 Å². The van der Waals surface area contributed by atoms with Crippen LogP contribution < -0.4 is 11.1 Å². The van der Waals surface area contributed by atoms with E-state index in [9.17, 15) is 4.79 Å². The molecule has 0 amide bonds. The Morgan fingerprint density at radius 1 is 1.05 bits per heavy atom. The number of nitrogens with two attached hydrogens (primary N) is 1. The van der Waals surface area contributed by atoms with E-state index in [0.717, 1.165) is 12.8 Å². The van der Waals surface area contributed by atoms with E-state index in [1.165, 1.54) is 51.4 Å². The Labute approximate surface area is 134 Å². The second-order valence-electron chi connectivity index (χ2n) is 6.60. The quantitative estimate of drug-likeness (QED) is 0.260. The Hall–Kier alpha value is -1.26. The second kappa shape index (κ2) is 9.70. The predicted octanol–water partition coefficient (Wildman–Crippen LogP) is 2.88. The Morgan fingerprint density at radius 3 is 2.36 bits per heavy atom. The predicted molar refractivity (Wildman–Crippen MR) is 88.7 cm³/mol. The number of nitrogens with one attached hydrogen (secondary N) is 1. The average Bonchev–Trinajstić information content (AvgIpc) is 2.86. The summed E-state index contributed by atoms with van der Waals surface area (Å²) in [7, 11) is 0. The Bertz CT molecular complexity index is 357. The van der Waals surface area contributed by atoms with Crippen LogP contribution in [0.15, 0.2) is 4.99 Å². The first-order valence-corrected chi connectivity index (χ1v) is 9.00. The number of carbonyl (C=O) groups is 1. The number of aliphatic imine (C=N–C) groups is 1. The molecule has 2 aliphatic rings. The van der Waals surface area contributed by atoms with Gasteiger partial charge >= 0.3 is 5.97 Å². The number of rotatable bonds is 6. The number of nitrogens with zero attached hydrogens (tertiary/aromatic N) is 1. The van der Waals surface area contributed by atoms with E-state index >= 15 is 0 Å². The van der Waals surface area contributed by atoms with E-state index in [0.29, 0.717) is 31.4 Å². The van der Waals surface area contributed by atoms with Crippen LogP contribution >= 0.6 is 0 Å². The molecule has 0 aromatic carbocycles. The fraction of sp³-hybridized carbons (Fsp3) is 0.882. The van der Waals surface area contributed by atoms with Gasteiger partial charge in [0.2, 0.25) is 0 Å². The summed E-state index contributed by atoms with van der Waals surface area (Å²) in [5, 5.41) is 3.32. The molecule has 0 saturated heterocycles. The molecule has 2 fully saturated rings. The molecule has 0 aromatic heterocycles. The van der Waals surface area contributed by atoms with Crippen LogP contribution in [0.1, 0.15) is 77.0 Å². The lowest BCUT2D eigenvalue weighted by Crippen LogP contribution is -2.39. The summed E-state index contributed by atoms with van der Waals surface area (Å²) in [5.74, 6) is 0.438. The van der Waals surface area contributed by atoms with Gasteiger partial charge in [0.1, 0.15) is 6.10 Å². The van der Waals surface area contributed by atoms with Crippen molar-refractivity contribution in [1.82, 2.24) is 5.32 Å². The third-order valence-electron chi connectivity index (χ3n) is 4.63. The first kappa shape index (κ1) is 17.1. The molecule has 0 aromatic rings. The zero-order chi connectivity index (χ0) is 15.6. The molecule has 5 nitrogen and oxygen atoms in total. The maximum Gasteiger partial charge on any atom is 0.306 e. The van der Waals surface area contributed by atoms with Crippen LogP contribution in [-0.4, -0.2) is 30.6 Å². The molecular formula is C17H31N3O2. The largest absolute Gasteiger partial charge is 0.462 e. The smallest absolute Gasteiger partial charge is 0.306 e. The molecular weight excluding hydrogens is 278 g/mol. The van der Waals surface area contributed by atoms with Crippen LogP contribution in [0.3, 0.4) is 0 Å². The summed E-state index contributed by atoms with van der Waals surface area (Å²) < 4.78 is 5.42. The van der Waals surface area contributed by atoms with Crippen molar-refractivity contribution in [2.24, 2.45) is 10.7 Å². The first-order valence-electron chi connectivity index (χ1n) is 9.00. The molecule has 3 N–H and O–H groups in total. The minimum Gasteiger partial charge on any atom is -0.462 e. The molecule has 0 atom stereocenters. The van der Waals surface area contributed by atoms with Crippen LogP contribution in [-0.2, 0) is 9.53 Å². The van der Waals surface area contributed by atoms with Crippen molar-refractivity contribution >= 4 is 11.9 Å². The van der Waals surface area contributed by atoms with Crippen molar-refractivity contribution in [3.63, 3.8) is 0 Å². The van der Waals surface area contributed by atoms with Gasteiger partial charge in [-0.2, -0.15) is 0 Å². The van der Waals surface area contributed by atoms with E-state index in [2.05, 4.69) is 10.3 Å². The topological polar surface area (TPSA) is 76.7 Å². The summed E-state index contributed by atoms with van der Waals surface area (Å²) in [4.78, 5) is 16.0. The van der Waals surface area contributed by atoms with Crippen molar-refractivity contribution in [1.29, 1.82) is 0 Å². The molecule has 22 heavy (non-hydrogen) atoms. The van der Waals surface area contributed by atoms with Gasteiger partial charge in [-0.05, 0) is 44.9 Å². The number of ether oxygens (including phenoxy) is 1. The number of guanidine groups is 1. The van der Waals surface area contributed by atoms with E-state index in [1.807, 2.05) is 0 Å². The molecule has 2 saturated carbocycles. The third kappa shape index (κ3) is 6.67. The molecule has 0 unspecified atom stereocenters. The molecule has 0 bridgehead atoms. The van der Waals surface area contributed by atoms with E-state index in [-0.39, 0.29) is 12.1 Å². The molecule has 2 aliphatic carbocycles. The normalized spacial score (nSPS) is 21.5. The number of esters is 1. The number of carbonyl (C=O) groups excluding carboxylic acids is 1. The van der Waals surface area contributed by atoms with Crippen LogP contribution in [0, 0.1) is 0 Å². The van der Waals surface area contributed by atoms with E-state index in [4.69, 9.17) is 10.5 Å². The summed E-state index contributed by atoms with van der Waals surface area (Å²) in [6.07, 6.45) is 13.3. The third-order valence-corrected chi connectivity index (χ3v) is 4.63. The SMILES string of the molecule is NC(=NCCCC(=O)OC1CCCC1)NC1CCCCCC1. The first-order chi connectivity index (χ1) is 10.7. The molecule has 0 radical (unpaired) electrons. The molecule has 126 valence electrons. The van der Waals surface area contributed by atoms with Gasteiger partial charge in [0, 0.05) is 19.0 Å². The standard InChI is InChI=1S/C17H31N3O2/c18-17(20-14-8-3-1-2-4-9-14)19-13-7-12-16(21)22-15-10-5-6-11-15/h14-15H,1-13H2,(H3,18,19,20). The minimum atomic E-state index is -0.0857. The van der Waals surface area contributed by atoms with Crippen molar-refractivity contribution in [2.75, 3.05) is 6.54 Å². The van der Waals surface area contributed by atoms with Gasteiger partial charge in [-0.15, -0.1) is 0 Å². The minimum absolute atomic E-state index is 0.0857. The van der Waals surface area contributed by atoms with Gasteiger partial charge < -0.3 is 15.8 Å². The lowest BCUT2D eigenvalue weighted by atomic mass is 10.1. The van der Waals surface area contributed by atoms with Gasteiger partial charge in [0.15, 0.2) is 5.96 Å². The van der Waals surface area contributed by atoms with E-state index < -0.39 is 0 Å². The zero-order valence-electron chi connectivity index (χ0n) is 13.7. The Balaban J connectivity index is 1.56. The highest BCUT2D eigenvalue weighted by Crippen LogP contribution is 2.21. The molecule has 0 heterocycles. The van der Waals surface area contributed by atoms with Crippen molar-refractivity contribution in [3.05, 3.63) is 0 Å². The summed E-state index contributed by atoms with van der Waals surface area (Å²) in [6, 6.07) is 0.471. The van der Waals surface area contributed by atoms with Gasteiger partial charge in [-0.1, -0.05) is 25.7 Å². The maximum absolute atomic E-state index is 11.7. The molecule has 2 rings (SSSR count). The van der Waals surface area contributed by atoms with Gasteiger partial charge in [0.25, 0.3) is 0 Å². The summed E-state index contributed by atoms with van der Waals surface area (Å²) in [6.45, 7) is 0.589. The van der Waals surface area contributed by atoms with Crippen LogP contribution in [0.25, 0.3) is 0 Å². The van der Waals surface area contributed by atoms with E-state index in [1.54, 1.807) is 0 Å². The maximum atomic E-state index is 11.7. The highest BCUT2D eigenvalue weighted by Gasteiger charge is 2.18. The molecule has 5 heteroatoms. The second-order valence-corrected chi connectivity index (χ2v) is 6.60. The lowest BCUT2D eigenvalue weighted by Gasteiger charge is -2.16. The van der Waals surface area contributed by atoms with Crippen LogP contribution in [0.2, 0.25) is 0 Å². The van der Waals surface area contributed by atoms with Crippen molar-refractivity contribution in [2.45, 2.75) is 89.2 Å². The fourth-order valence-electron chi connectivity index (χ4n) is 3.35.